The fourth-order valence-corrected chi connectivity index (χ4v) is 2.67. The summed E-state index contributed by atoms with van der Waals surface area (Å²) in [5, 5.41) is 0. The van der Waals surface area contributed by atoms with Gasteiger partial charge in [-0.2, -0.15) is 0 Å². The molecule has 1 nitrogen and oxygen atoms in total. The number of nitrogens with two attached hydrogens (primary N) is 1. The number of halogens is 1. The second-order valence-electron chi connectivity index (χ2n) is 5.75. The molecule has 0 bridgehead atoms. The highest BCUT2D eigenvalue weighted by molar-refractivity contribution is 5.42. The van der Waals surface area contributed by atoms with E-state index in [1.54, 1.807) is 12.1 Å². The molecule has 0 saturated heterocycles. The first-order valence-corrected chi connectivity index (χ1v) is 7.02. The zero-order valence-corrected chi connectivity index (χ0v) is 12.6. The molecule has 0 aromatic heterocycles. The number of aryl methyl sites for hydroxylation is 2. The summed E-state index contributed by atoms with van der Waals surface area (Å²) in [6.07, 6.45) is 0. The van der Waals surface area contributed by atoms with Crippen LogP contribution in [-0.2, 0) is 0 Å². The minimum Gasteiger partial charge on any atom is -0.320 e. The van der Waals surface area contributed by atoms with Gasteiger partial charge in [-0.1, -0.05) is 38.1 Å². The van der Waals surface area contributed by atoms with Crippen molar-refractivity contribution in [3.8, 4) is 0 Å². The van der Waals surface area contributed by atoms with E-state index in [0.29, 0.717) is 5.92 Å². The molecule has 1 atom stereocenters. The van der Waals surface area contributed by atoms with Crippen LogP contribution in [0.3, 0.4) is 0 Å². The van der Waals surface area contributed by atoms with Crippen LogP contribution < -0.4 is 5.73 Å². The van der Waals surface area contributed by atoms with Crippen LogP contribution in [0.25, 0.3) is 0 Å². The van der Waals surface area contributed by atoms with Crippen LogP contribution >= 0.6 is 0 Å². The molecule has 1 unspecified atom stereocenters. The van der Waals surface area contributed by atoms with Crippen LogP contribution in [0.1, 0.15) is 53.6 Å². The highest BCUT2D eigenvalue weighted by Crippen LogP contribution is 2.27. The molecule has 0 saturated carbocycles. The van der Waals surface area contributed by atoms with Gasteiger partial charge >= 0.3 is 0 Å². The normalized spacial score (nSPS) is 12.8. The molecule has 0 aliphatic carbocycles. The van der Waals surface area contributed by atoms with Crippen LogP contribution in [0.5, 0.6) is 0 Å². The monoisotopic (exact) mass is 271 g/mol. The Morgan fingerprint density at radius 1 is 0.900 bits per heavy atom. The van der Waals surface area contributed by atoms with Gasteiger partial charge < -0.3 is 5.73 Å². The Kier molecular flexibility index (Phi) is 4.24. The summed E-state index contributed by atoms with van der Waals surface area (Å²) < 4.78 is 13.4. The Morgan fingerprint density at radius 2 is 1.35 bits per heavy atom. The van der Waals surface area contributed by atoms with Crippen molar-refractivity contribution < 1.29 is 4.39 Å². The minimum atomic E-state index is -0.211. The maximum atomic E-state index is 13.4. The SMILES string of the molecule is Cc1cc(F)cc(C)c1C(N)c1ccc(C(C)C)cc1. The van der Waals surface area contributed by atoms with Crippen molar-refractivity contribution in [3.05, 3.63) is 70.0 Å². The average molecular weight is 271 g/mol. The van der Waals surface area contributed by atoms with E-state index >= 15 is 0 Å². The zero-order valence-electron chi connectivity index (χ0n) is 12.6. The topological polar surface area (TPSA) is 26.0 Å². The molecule has 0 amide bonds. The lowest BCUT2D eigenvalue weighted by Gasteiger charge is -2.19. The zero-order chi connectivity index (χ0) is 14.9. The predicted octanol–water partition coefficient (Wildman–Crippen LogP) is 4.61. The lowest BCUT2D eigenvalue weighted by atomic mass is 9.90. The first kappa shape index (κ1) is 14.7. The van der Waals surface area contributed by atoms with E-state index in [1.807, 2.05) is 13.8 Å². The molecule has 2 N–H and O–H groups in total. The van der Waals surface area contributed by atoms with Gasteiger partial charge in [0.05, 0.1) is 6.04 Å². The fraction of sp³-hybridized carbons (Fsp3) is 0.333. The van der Waals surface area contributed by atoms with Gasteiger partial charge in [0.15, 0.2) is 0 Å². The van der Waals surface area contributed by atoms with Gasteiger partial charge in [0, 0.05) is 0 Å². The predicted molar refractivity (Wildman–Crippen MR) is 82.4 cm³/mol. The Labute approximate surface area is 120 Å². The van der Waals surface area contributed by atoms with Crippen LogP contribution in [0, 0.1) is 19.7 Å². The lowest BCUT2D eigenvalue weighted by molar-refractivity contribution is 0.623. The first-order valence-electron chi connectivity index (χ1n) is 7.02. The van der Waals surface area contributed by atoms with Crippen molar-refractivity contribution in [1.82, 2.24) is 0 Å². The van der Waals surface area contributed by atoms with E-state index in [9.17, 15) is 4.39 Å². The van der Waals surface area contributed by atoms with Crippen molar-refractivity contribution in [3.63, 3.8) is 0 Å². The van der Waals surface area contributed by atoms with E-state index in [1.165, 1.54) is 5.56 Å². The van der Waals surface area contributed by atoms with Crippen LogP contribution in [-0.4, -0.2) is 0 Å². The maximum Gasteiger partial charge on any atom is 0.123 e. The molecule has 2 rings (SSSR count). The molecule has 2 aromatic rings. The average Bonchev–Trinajstić information content (AvgIpc) is 2.37. The third-order valence-corrected chi connectivity index (χ3v) is 3.83. The van der Waals surface area contributed by atoms with Crippen LogP contribution in [0.4, 0.5) is 4.39 Å². The lowest BCUT2D eigenvalue weighted by Crippen LogP contribution is -2.15. The van der Waals surface area contributed by atoms with Gasteiger partial charge in [-0.05, 0) is 59.7 Å². The van der Waals surface area contributed by atoms with Crippen molar-refractivity contribution in [2.45, 2.75) is 39.7 Å². The largest absolute Gasteiger partial charge is 0.320 e. The van der Waals surface area contributed by atoms with Gasteiger partial charge in [-0.25, -0.2) is 4.39 Å². The molecular weight excluding hydrogens is 249 g/mol. The summed E-state index contributed by atoms with van der Waals surface area (Å²) in [5.41, 5.74) is 11.6. The molecule has 0 spiro atoms. The Morgan fingerprint density at radius 3 is 1.80 bits per heavy atom. The summed E-state index contributed by atoms with van der Waals surface area (Å²) in [5.74, 6) is 0.306. The first-order chi connectivity index (χ1) is 9.40. The second-order valence-corrected chi connectivity index (χ2v) is 5.75. The van der Waals surface area contributed by atoms with Crippen molar-refractivity contribution in [1.29, 1.82) is 0 Å². The van der Waals surface area contributed by atoms with Crippen LogP contribution in [0.2, 0.25) is 0 Å². The molecule has 20 heavy (non-hydrogen) atoms. The minimum absolute atomic E-state index is 0.203. The molecule has 0 fully saturated rings. The van der Waals surface area contributed by atoms with Gasteiger partial charge in [-0.3, -0.25) is 0 Å². The third-order valence-electron chi connectivity index (χ3n) is 3.83. The van der Waals surface area contributed by atoms with E-state index in [4.69, 9.17) is 5.73 Å². The maximum absolute atomic E-state index is 13.4. The fourth-order valence-electron chi connectivity index (χ4n) is 2.67. The number of hydrogen-bond donors (Lipinski definition) is 1. The molecule has 0 radical (unpaired) electrons. The van der Waals surface area contributed by atoms with Gasteiger partial charge in [-0.15, -0.1) is 0 Å². The second kappa shape index (κ2) is 5.76. The van der Waals surface area contributed by atoms with Gasteiger partial charge in [0.2, 0.25) is 0 Å². The standard InChI is InChI=1S/C18H22FN/c1-11(2)14-5-7-15(8-6-14)18(20)17-12(3)9-16(19)10-13(17)4/h5-11,18H,20H2,1-4H3. The summed E-state index contributed by atoms with van der Waals surface area (Å²) >= 11 is 0. The van der Waals surface area contributed by atoms with Gasteiger partial charge in [0.1, 0.15) is 5.82 Å². The van der Waals surface area contributed by atoms with Gasteiger partial charge in [0.25, 0.3) is 0 Å². The van der Waals surface area contributed by atoms with E-state index in [2.05, 4.69) is 38.1 Å². The molecule has 0 heterocycles. The third kappa shape index (κ3) is 2.91. The molecule has 2 heteroatoms. The Hall–Kier alpha value is -1.67. The summed E-state index contributed by atoms with van der Waals surface area (Å²) in [6, 6.07) is 11.3. The molecular formula is C18H22FN. The summed E-state index contributed by atoms with van der Waals surface area (Å²) in [4.78, 5) is 0. The quantitative estimate of drug-likeness (QED) is 0.866. The van der Waals surface area contributed by atoms with Crippen molar-refractivity contribution in [2.75, 3.05) is 0 Å². The van der Waals surface area contributed by atoms with Crippen molar-refractivity contribution >= 4 is 0 Å². The summed E-state index contributed by atoms with van der Waals surface area (Å²) in [7, 11) is 0. The Balaban J connectivity index is 2.38. The summed E-state index contributed by atoms with van der Waals surface area (Å²) in [6.45, 7) is 8.16. The molecule has 0 aliphatic rings. The van der Waals surface area contributed by atoms with E-state index < -0.39 is 0 Å². The Bertz CT molecular complexity index is 576. The van der Waals surface area contributed by atoms with Crippen molar-refractivity contribution in [2.24, 2.45) is 5.73 Å². The molecule has 2 aromatic carbocycles. The molecule has 106 valence electrons. The number of benzene rings is 2. The van der Waals surface area contributed by atoms with E-state index in [0.717, 1.165) is 22.3 Å². The smallest absolute Gasteiger partial charge is 0.123 e. The highest BCUT2D eigenvalue weighted by Gasteiger charge is 2.15. The van der Waals surface area contributed by atoms with E-state index in [-0.39, 0.29) is 11.9 Å². The number of hydrogen-bond acceptors (Lipinski definition) is 1. The highest BCUT2D eigenvalue weighted by atomic mass is 19.1. The van der Waals surface area contributed by atoms with Crippen LogP contribution in [0.15, 0.2) is 36.4 Å². The molecule has 0 aliphatic heterocycles. The number of rotatable bonds is 3.